The third-order valence-electron chi connectivity index (χ3n) is 2.89. The summed E-state index contributed by atoms with van der Waals surface area (Å²) in [7, 11) is 1.85. The normalized spacial score (nSPS) is 16.0. The van der Waals surface area contributed by atoms with Crippen molar-refractivity contribution < 1.29 is 4.39 Å². The number of anilines is 1. The highest BCUT2D eigenvalue weighted by atomic mass is 19.1. The van der Waals surface area contributed by atoms with Gasteiger partial charge in [-0.25, -0.2) is 4.39 Å². The second kappa shape index (κ2) is 4.62. The minimum atomic E-state index is -0.103. The van der Waals surface area contributed by atoms with Crippen LogP contribution in [-0.4, -0.2) is 20.1 Å². The Labute approximate surface area is 90.1 Å². The van der Waals surface area contributed by atoms with Gasteiger partial charge < -0.3 is 10.2 Å². The monoisotopic (exact) mass is 208 g/mol. The van der Waals surface area contributed by atoms with Crippen molar-refractivity contribution in [2.75, 3.05) is 25.0 Å². The van der Waals surface area contributed by atoms with Gasteiger partial charge in [0, 0.05) is 30.9 Å². The molecule has 1 aliphatic rings. The molecule has 0 aliphatic carbocycles. The van der Waals surface area contributed by atoms with Crippen LogP contribution in [0.5, 0.6) is 0 Å². The number of benzene rings is 1. The molecule has 0 unspecified atom stereocenters. The van der Waals surface area contributed by atoms with Gasteiger partial charge >= 0.3 is 0 Å². The zero-order chi connectivity index (χ0) is 10.7. The molecule has 0 saturated carbocycles. The summed E-state index contributed by atoms with van der Waals surface area (Å²) in [5.41, 5.74) is 1.85. The van der Waals surface area contributed by atoms with Crippen LogP contribution in [0, 0.1) is 5.82 Å². The highest BCUT2D eigenvalue weighted by molar-refractivity contribution is 5.54. The van der Waals surface area contributed by atoms with E-state index in [0.717, 1.165) is 24.3 Å². The molecule has 1 fully saturated rings. The van der Waals surface area contributed by atoms with Crippen molar-refractivity contribution in [3.05, 3.63) is 29.6 Å². The van der Waals surface area contributed by atoms with Crippen molar-refractivity contribution in [1.82, 2.24) is 5.32 Å². The average Bonchev–Trinajstić information content (AvgIpc) is 2.74. The molecule has 2 nitrogen and oxygen atoms in total. The van der Waals surface area contributed by atoms with Crippen LogP contribution in [0.4, 0.5) is 10.1 Å². The first-order valence-corrected chi connectivity index (χ1v) is 5.50. The summed E-state index contributed by atoms with van der Waals surface area (Å²) in [5, 5.41) is 3.02. The highest BCUT2D eigenvalue weighted by Gasteiger charge is 2.17. The van der Waals surface area contributed by atoms with Gasteiger partial charge in [-0.1, -0.05) is 6.07 Å². The van der Waals surface area contributed by atoms with Crippen LogP contribution in [0.25, 0.3) is 0 Å². The van der Waals surface area contributed by atoms with Crippen LogP contribution in [0.3, 0.4) is 0 Å². The SMILES string of the molecule is CNCc1c(F)cccc1N1CCCC1. The molecule has 2 rings (SSSR count). The van der Waals surface area contributed by atoms with Gasteiger partial charge in [-0.15, -0.1) is 0 Å². The van der Waals surface area contributed by atoms with Gasteiger partial charge in [0.25, 0.3) is 0 Å². The predicted molar refractivity (Wildman–Crippen MR) is 60.6 cm³/mol. The van der Waals surface area contributed by atoms with Gasteiger partial charge in [0.05, 0.1) is 0 Å². The van der Waals surface area contributed by atoms with E-state index in [-0.39, 0.29) is 5.82 Å². The maximum atomic E-state index is 13.6. The molecule has 0 bridgehead atoms. The number of nitrogens with zero attached hydrogens (tertiary/aromatic N) is 1. The zero-order valence-electron chi connectivity index (χ0n) is 9.09. The fourth-order valence-corrected chi connectivity index (χ4v) is 2.15. The molecular formula is C12H17FN2. The van der Waals surface area contributed by atoms with Crippen molar-refractivity contribution in [2.24, 2.45) is 0 Å². The molecule has 0 atom stereocenters. The molecule has 0 aromatic heterocycles. The van der Waals surface area contributed by atoms with E-state index in [1.807, 2.05) is 13.1 Å². The minimum Gasteiger partial charge on any atom is -0.371 e. The van der Waals surface area contributed by atoms with Gasteiger partial charge in [0.15, 0.2) is 0 Å². The maximum Gasteiger partial charge on any atom is 0.129 e. The number of hydrogen-bond donors (Lipinski definition) is 1. The van der Waals surface area contributed by atoms with Crippen LogP contribution in [0.2, 0.25) is 0 Å². The third kappa shape index (κ3) is 2.12. The fraction of sp³-hybridized carbons (Fsp3) is 0.500. The molecule has 1 heterocycles. The van der Waals surface area contributed by atoms with Crippen LogP contribution < -0.4 is 10.2 Å². The molecular weight excluding hydrogens is 191 g/mol. The van der Waals surface area contributed by atoms with Crippen LogP contribution in [0.1, 0.15) is 18.4 Å². The standard InChI is InChI=1S/C12H17FN2/c1-14-9-10-11(13)5-4-6-12(10)15-7-2-3-8-15/h4-6,14H,2-3,7-9H2,1H3. The van der Waals surface area contributed by atoms with Crippen molar-refractivity contribution in [3.63, 3.8) is 0 Å². The van der Waals surface area contributed by atoms with Crippen molar-refractivity contribution in [2.45, 2.75) is 19.4 Å². The quantitative estimate of drug-likeness (QED) is 0.818. The molecule has 1 aromatic carbocycles. The van der Waals surface area contributed by atoms with Crippen molar-refractivity contribution >= 4 is 5.69 Å². The summed E-state index contributed by atoms with van der Waals surface area (Å²) in [6.07, 6.45) is 2.44. The summed E-state index contributed by atoms with van der Waals surface area (Å²) in [5.74, 6) is -0.103. The Morgan fingerprint density at radius 1 is 1.33 bits per heavy atom. The molecule has 1 aliphatic heterocycles. The third-order valence-corrected chi connectivity index (χ3v) is 2.89. The van der Waals surface area contributed by atoms with Crippen molar-refractivity contribution in [3.8, 4) is 0 Å². The lowest BCUT2D eigenvalue weighted by molar-refractivity contribution is 0.600. The number of hydrogen-bond acceptors (Lipinski definition) is 2. The molecule has 1 aromatic rings. The lowest BCUT2D eigenvalue weighted by Gasteiger charge is -2.21. The number of nitrogens with one attached hydrogen (secondary N) is 1. The fourth-order valence-electron chi connectivity index (χ4n) is 2.15. The Morgan fingerprint density at radius 2 is 2.07 bits per heavy atom. The Bertz CT molecular complexity index is 332. The zero-order valence-corrected chi connectivity index (χ0v) is 9.09. The summed E-state index contributed by atoms with van der Waals surface area (Å²) in [6.45, 7) is 2.71. The first-order valence-electron chi connectivity index (χ1n) is 5.50. The first kappa shape index (κ1) is 10.4. The highest BCUT2D eigenvalue weighted by Crippen LogP contribution is 2.26. The van der Waals surface area contributed by atoms with E-state index >= 15 is 0 Å². The predicted octanol–water partition coefficient (Wildman–Crippen LogP) is 2.15. The molecule has 0 amide bonds. The Kier molecular flexibility index (Phi) is 3.21. The Balaban J connectivity index is 2.31. The van der Waals surface area contributed by atoms with Crippen LogP contribution in [0.15, 0.2) is 18.2 Å². The van der Waals surface area contributed by atoms with Gasteiger partial charge in [-0.05, 0) is 32.0 Å². The van der Waals surface area contributed by atoms with Crippen LogP contribution >= 0.6 is 0 Å². The lowest BCUT2D eigenvalue weighted by atomic mass is 10.1. The Hall–Kier alpha value is -1.09. The van der Waals surface area contributed by atoms with Gasteiger partial charge in [-0.2, -0.15) is 0 Å². The van der Waals surface area contributed by atoms with Crippen molar-refractivity contribution in [1.29, 1.82) is 0 Å². The summed E-state index contributed by atoms with van der Waals surface area (Å²) in [6, 6.07) is 5.34. The van der Waals surface area contributed by atoms with Gasteiger partial charge in [0.1, 0.15) is 5.82 Å². The number of halogens is 1. The van der Waals surface area contributed by atoms with Gasteiger partial charge in [-0.3, -0.25) is 0 Å². The summed E-state index contributed by atoms with van der Waals surface area (Å²) in [4.78, 5) is 2.27. The van der Waals surface area contributed by atoms with Crippen LogP contribution in [-0.2, 0) is 6.54 Å². The second-order valence-electron chi connectivity index (χ2n) is 3.96. The van der Waals surface area contributed by atoms with E-state index < -0.39 is 0 Å². The van der Waals surface area contributed by atoms with Gasteiger partial charge in [0.2, 0.25) is 0 Å². The van der Waals surface area contributed by atoms with E-state index in [1.165, 1.54) is 18.9 Å². The topological polar surface area (TPSA) is 15.3 Å². The van der Waals surface area contributed by atoms with E-state index in [4.69, 9.17) is 0 Å². The molecule has 3 heteroatoms. The first-order chi connectivity index (χ1) is 7.33. The van der Waals surface area contributed by atoms with E-state index in [2.05, 4.69) is 10.2 Å². The average molecular weight is 208 g/mol. The molecule has 0 spiro atoms. The summed E-state index contributed by atoms with van der Waals surface area (Å²) < 4.78 is 13.6. The van der Waals surface area contributed by atoms with E-state index in [0.29, 0.717) is 6.54 Å². The van der Waals surface area contributed by atoms with E-state index in [1.54, 1.807) is 6.07 Å². The lowest BCUT2D eigenvalue weighted by Crippen LogP contribution is -2.21. The molecule has 0 radical (unpaired) electrons. The minimum absolute atomic E-state index is 0.103. The number of rotatable bonds is 3. The largest absolute Gasteiger partial charge is 0.371 e. The molecule has 1 N–H and O–H groups in total. The second-order valence-corrected chi connectivity index (χ2v) is 3.96. The smallest absolute Gasteiger partial charge is 0.129 e. The van der Waals surface area contributed by atoms with E-state index in [9.17, 15) is 4.39 Å². The molecule has 1 saturated heterocycles. The molecule has 82 valence electrons. The maximum absolute atomic E-state index is 13.6. The Morgan fingerprint density at radius 3 is 2.73 bits per heavy atom. The summed E-state index contributed by atoms with van der Waals surface area (Å²) >= 11 is 0. The molecule has 15 heavy (non-hydrogen) atoms.